The number of sulfonamides is 1. The number of amides is 1. The van der Waals surface area contributed by atoms with E-state index in [0.29, 0.717) is 23.9 Å². The van der Waals surface area contributed by atoms with Gasteiger partial charge < -0.3 is 14.5 Å². The lowest BCUT2D eigenvalue weighted by molar-refractivity contribution is 0.0482. The summed E-state index contributed by atoms with van der Waals surface area (Å²) in [6, 6.07) is 5.96. The molecule has 1 aromatic carbocycles. The Morgan fingerprint density at radius 2 is 1.68 bits per heavy atom. The van der Waals surface area contributed by atoms with Crippen molar-refractivity contribution in [3.05, 3.63) is 29.3 Å². The fourth-order valence-electron chi connectivity index (χ4n) is 5.30. The number of halogens is 1. The van der Waals surface area contributed by atoms with E-state index in [1.807, 2.05) is 14.1 Å². The van der Waals surface area contributed by atoms with E-state index in [1.54, 1.807) is 40.5 Å². The highest BCUT2D eigenvalue weighted by Gasteiger charge is 2.43. The zero-order chi connectivity index (χ0) is 24.7. The highest BCUT2D eigenvalue weighted by molar-refractivity contribution is 7.89. The summed E-state index contributed by atoms with van der Waals surface area (Å²) in [5.41, 5.74) is 0. The smallest absolute Gasteiger partial charge is 0.409 e. The number of ether oxygens (including phenoxy) is 1. The van der Waals surface area contributed by atoms with E-state index in [-0.39, 0.29) is 23.6 Å². The molecular weight excluding hydrogens is 474 g/mol. The average Bonchev–Trinajstić information content (AvgIpc) is 2.82. The third-order valence-corrected chi connectivity index (χ3v) is 9.36. The first-order valence-corrected chi connectivity index (χ1v) is 14.3. The van der Waals surface area contributed by atoms with Crippen molar-refractivity contribution in [1.82, 2.24) is 14.1 Å². The van der Waals surface area contributed by atoms with Gasteiger partial charge in [-0.15, -0.1) is 0 Å². The molecule has 0 aromatic heterocycles. The number of carbonyl (C=O) groups excluding carboxylic acids is 1. The molecule has 3 rings (SSSR count). The van der Waals surface area contributed by atoms with Crippen LogP contribution in [0.1, 0.15) is 57.8 Å². The Bertz CT molecular complexity index is 888. The van der Waals surface area contributed by atoms with Gasteiger partial charge in [0.05, 0.1) is 10.9 Å². The van der Waals surface area contributed by atoms with E-state index >= 15 is 0 Å². The molecule has 1 saturated heterocycles. The number of hydrogen-bond acceptors (Lipinski definition) is 5. The monoisotopic (exact) mass is 513 g/mol. The molecule has 34 heavy (non-hydrogen) atoms. The summed E-state index contributed by atoms with van der Waals surface area (Å²) in [6.07, 6.45) is 8.55. The van der Waals surface area contributed by atoms with Crippen molar-refractivity contribution in [2.24, 2.45) is 5.92 Å². The normalized spacial score (nSPS) is 22.6. The summed E-state index contributed by atoms with van der Waals surface area (Å²) in [5, 5.41) is 0.504. The second-order valence-corrected chi connectivity index (χ2v) is 12.3. The lowest BCUT2D eigenvalue weighted by Crippen LogP contribution is -2.55. The molecule has 2 atom stereocenters. The van der Waals surface area contributed by atoms with E-state index < -0.39 is 16.1 Å². The van der Waals surface area contributed by atoms with E-state index in [1.165, 1.54) is 6.42 Å². The molecule has 1 heterocycles. The molecule has 2 fully saturated rings. The first-order chi connectivity index (χ1) is 16.2. The first kappa shape index (κ1) is 27.2. The number of piperidine rings is 1. The molecule has 1 saturated carbocycles. The van der Waals surface area contributed by atoms with Crippen LogP contribution >= 0.6 is 11.6 Å². The predicted molar refractivity (Wildman–Crippen MR) is 136 cm³/mol. The Morgan fingerprint density at radius 3 is 2.32 bits per heavy atom. The summed E-state index contributed by atoms with van der Waals surface area (Å²) in [5.74, 6) is 0.350. The van der Waals surface area contributed by atoms with Crippen molar-refractivity contribution in [2.45, 2.75) is 74.8 Å². The molecule has 192 valence electrons. The molecule has 0 spiro atoms. The number of rotatable bonds is 9. The van der Waals surface area contributed by atoms with Crippen molar-refractivity contribution in [2.75, 3.05) is 40.8 Å². The maximum atomic E-state index is 13.9. The summed E-state index contributed by atoms with van der Waals surface area (Å²) in [7, 11) is 1.97. The fraction of sp³-hybridized carbons (Fsp3) is 0.720. The quantitative estimate of drug-likeness (QED) is 0.472. The van der Waals surface area contributed by atoms with Crippen LogP contribution in [-0.2, 0) is 14.8 Å². The molecule has 1 amide bonds. The van der Waals surface area contributed by atoms with Gasteiger partial charge in [0.15, 0.2) is 0 Å². The minimum Gasteiger partial charge on any atom is -0.448 e. The van der Waals surface area contributed by atoms with E-state index in [4.69, 9.17) is 16.3 Å². The molecule has 9 heteroatoms. The van der Waals surface area contributed by atoms with E-state index in [9.17, 15) is 13.2 Å². The Hall–Kier alpha value is -1.35. The van der Waals surface area contributed by atoms with Gasteiger partial charge in [0.2, 0.25) is 10.0 Å². The second-order valence-electron chi connectivity index (χ2n) is 9.99. The Kier molecular flexibility index (Phi) is 10.1. The van der Waals surface area contributed by atoms with Gasteiger partial charge in [0.1, 0.15) is 6.61 Å². The zero-order valence-corrected chi connectivity index (χ0v) is 22.4. The van der Waals surface area contributed by atoms with Crippen molar-refractivity contribution in [3.63, 3.8) is 0 Å². The van der Waals surface area contributed by atoms with Crippen LogP contribution in [0.25, 0.3) is 0 Å². The number of benzene rings is 1. The molecular formula is C25H40ClN3O4S. The van der Waals surface area contributed by atoms with Crippen LogP contribution in [0.2, 0.25) is 5.02 Å². The van der Waals surface area contributed by atoms with Crippen LogP contribution in [0.3, 0.4) is 0 Å². The van der Waals surface area contributed by atoms with Gasteiger partial charge in [0, 0.05) is 24.7 Å². The van der Waals surface area contributed by atoms with Crippen LogP contribution < -0.4 is 0 Å². The number of hydrogen-bond donors (Lipinski definition) is 0. The molecule has 1 aromatic rings. The zero-order valence-electron chi connectivity index (χ0n) is 20.8. The summed E-state index contributed by atoms with van der Waals surface area (Å²) >= 11 is 6.02. The highest BCUT2D eigenvalue weighted by Crippen LogP contribution is 2.39. The second kappa shape index (κ2) is 12.6. The SMILES string of the molecule is CN(C)CCCN(C)C(=O)OC[C@H]1CCC[C@@H](C2CCCCC2)N1S(=O)(=O)c1ccc(Cl)cc1. The largest absolute Gasteiger partial charge is 0.448 e. The van der Waals surface area contributed by atoms with Gasteiger partial charge in [-0.05, 0) is 82.9 Å². The minimum absolute atomic E-state index is 0.0590. The van der Waals surface area contributed by atoms with Crippen LogP contribution in [0.4, 0.5) is 4.79 Å². The summed E-state index contributed by atoms with van der Waals surface area (Å²) in [4.78, 5) is 16.5. The molecule has 2 aliphatic rings. The Morgan fingerprint density at radius 1 is 1.00 bits per heavy atom. The van der Waals surface area contributed by atoms with Gasteiger partial charge in [-0.2, -0.15) is 4.31 Å². The van der Waals surface area contributed by atoms with Gasteiger partial charge >= 0.3 is 6.09 Å². The van der Waals surface area contributed by atoms with Crippen molar-refractivity contribution in [1.29, 1.82) is 0 Å². The molecule has 0 radical (unpaired) electrons. The fourth-order valence-corrected chi connectivity index (χ4v) is 7.35. The molecule has 0 bridgehead atoms. The van der Waals surface area contributed by atoms with Crippen LogP contribution in [0, 0.1) is 5.92 Å². The molecule has 0 N–H and O–H groups in total. The average molecular weight is 514 g/mol. The Labute approximate surface area is 210 Å². The molecule has 1 aliphatic heterocycles. The molecule has 0 unspecified atom stereocenters. The van der Waals surface area contributed by atoms with Crippen molar-refractivity contribution < 1.29 is 17.9 Å². The van der Waals surface area contributed by atoms with Crippen LogP contribution in [0.15, 0.2) is 29.2 Å². The van der Waals surface area contributed by atoms with E-state index in [0.717, 1.165) is 51.5 Å². The third kappa shape index (κ3) is 7.09. The van der Waals surface area contributed by atoms with Crippen LogP contribution in [0.5, 0.6) is 0 Å². The van der Waals surface area contributed by atoms with Gasteiger partial charge in [-0.25, -0.2) is 13.2 Å². The number of nitrogens with zero attached hydrogens (tertiary/aromatic N) is 3. The van der Waals surface area contributed by atoms with Gasteiger partial charge in [-0.3, -0.25) is 0 Å². The third-order valence-electron chi connectivity index (χ3n) is 7.12. The summed E-state index contributed by atoms with van der Waals surface area (Å²) in [6.45, 7) is 1.56. The lowest BCUT2D eigenvalue weighted by atomic mass is 9.80. The van der Waals surface area contributed by atoms with Crippen molar-refractivity contribution >= 4 is 27.7 Å². The first-order valence-electron chi connectivity index (χ1n) is 12.5. The predicted octanol–water partition coefficient (Wildman–Crippen LogP) is 4.85. The topological polar surface area (TPSA) is 70.2 Å². The lowest BCUT2D eigenvalue weighted by Gasteiger charge is -2.45. The van der Waals surface area contributed by atoms with Crippen LogP contribution in [-0.4, -0.2) is 81.5 Å². The summed E-state index contributed by atoms with van der Waals surface area (Å²) < 4.78 is 35.1. The maximum absolute atomic E-state index is 13.9. The van der Waals surface area contributed by atoms with Crippen molar-refractivity contribution in [3.8, 4) is 0 Å². The van der Waals surface area contributed by atoms with Gasteiger partial charge in [0.25, 0.3) is 0 Å². The van der Waals surface area contributed by atoms with Gasteiger partial charge in [-0.1, -0.05) is 37.3 Å². The molecule has 7 nitrogen and oxygen atoms in total. The number of carbonyl (C=O) groups is 1. The molecule has 1 aliphatic carbocycles. The standard InChI is InChI=1S/C25H40ClN3O4S/c1-27(2)17-8-18-28(3)25(30)33-19-22-11-7-12-24(20-9-5-4-6-10-20)29(22)34(31,32)23-15-13-21(26)14-16-23/h13-16,20,22,24H,4-12,17-19H2,1-3H3/t22-,24+/m1/s1. The van der Waals surface area contributed by atoms with E-state index in [2.05, 4.69) is 4.90 Å². The Balaban J connectivity index is 1.77. The maximum Gasteiger partial charge on any atom is 0.409 e. The minimum atomic E-state index is -3.75. The highest BCUT2D eigenvalue weighted by atomic mass is 35.5.